The largest absolute Gasteiger partial charge is 0.394 e. The number of likely N-dealkylation sites (tertiary alicyclic amines) is 1. The number of piperidine rings is 1. The summed E-state index contributed by atoms with van der Waals surface area (Å²) in [5.74, 6) is -0.239. The molecule has 1 aliphatic heterocycles. The molecule has 0 aromatic carbocycles. The minimum Gasteiger partial charge on any atom is -0.394 e. The average molecular weight is 230 g/mol. The van der Waals surface area contributed by atoms with E-state index in [-0.39, 0.29) is 24.7 Å². The highest BCUT2D eigenvalue weighted by molar-refractivity contribution is 5.79. The summed E-state index contributed by atoms with van der Waals surface area (Å²) in [6, 6.07) is -0.140. The molecule has 1 amide bonds. The fourth-order valence-electron chi connectivity index (χ4n) is 2.21. The van der Waals surface area contributed by atoms with Crippen LogP contribution in [0.5, 0.6) is 0 Å². The Hall–Kier alpha value is -0.650. The number of primary amides is 1. The number of aliphatic hydroxyl groups is 1. The van der Waals surface area contributed by atoms with Gasteiger partial charge in [0, 0.05) is 13.1 Å². The topological polar surface area (TPSA) is 75.8 Å². The predicted octanol–water partition coefficient (Wildman–Crippen LogP) is -0.276. The molecule has 16 heavy (non-hydrogen) atoms. The number of amides is 1. The predicted molar refractivity (Wildman–Crippen MR) is 60.9 cm³/mol. The van der Waals surface area contributed by atoms with Crippen molar-refractivity contribution < 1.29 is 14.6 Å². The van der Waals surface area contributed by atoms with Gasteiger partial charge in [0.25, 0.3) is 0 Å². The second kappa shape index (κ2) is 6.83. The smallest absolute Gasteiger partial charge is 0.234 e. The number of nitrogens with two attached hydrogens (primary N) is 1. The van der Waals surface area contributed by atoms with E-state index >= 15 is 0 Å². The molecule has 1 unspecified atom stereocenters. The van der Waals surface area contributed by atoms with E-state index in [1.54, 1.807) is 0 Å². The molecule has 94 valence electrons. The van der Waals surface area contributed by atoms with E-state index in [4.69, 9.17) is 15.6 Å². The Morgan fingerprint density at radius 2 is 2.19 bits per heavy atom. The zero-order chi connectivity index (χ0) is 12.0. The molecule has 1 aliphatic rings. The maximum absolute atomic E-state index is 11.2. The Kier molecular flexibility index (Phi) is 5.73. The first kappa shape index (κ1) is 13.4. The fraction of sp³-hybridized carbons (Fsp3) is 0.909. The van der Waals surface area contributed by atoms with Crippen LogP contribution in [0.15, 0.2) is 0 Å². The fourth-order valence-corrected chi connectivity index (χ4v) is 2.21. The van der Waals surface area contributed by atoms with Crippen molar-refractivity contribution in [3.63, 3.8) is 0 Å². The van der Waals surface area contributed by atoms with E-state index in [9.17, 15) is 4.79 Å². The second-order valence-corrected chi connectivity index (χ2v) is 4.16. The van der Waals surface area contributed by atoms with Crippen molar-refractivity contribution in [2.45, 2.75) is 38.3 Å². The van der Waals surface area contributed by atoms with Gasteiger partial charge in [-0.3, -0.25) is 9.69 Å². The minimum absolute atomic E-state index is 0.0685. The quantitative estimate of drug-likeness (QED) is 0.658. The Morgan fingerprint density at radius 1 is 1.56 bits per heavy atom. The molecule has 1 saturated heterocycles. The molecule has 0 spiro atoms. The van der Waals surface area contributed by atoms with Crippen molar-refractivity contribution in [1.29, 1.82) is 0 Å². The van der Waals surface area contributed by atoms with Crippen LogP contribution in [0.3, 0.4) is 0 Å². The molecule has 1 fully saturated rings. The Morgan fingerprint density at radius 3 is 2.62 bits per heavy atom. The van der Waals surface area contributed by atoms with Gasteiger partial charge in [0.05, 0.1) is 25.4 Å². The first-order chi connectivity index (χ1) is 7.69. The van der Waals surface area contributed by atoms with Gasteiger partial charge >= 0.3 is 0 Å². The lowest BCUT2D eigenvalue weighted by Crippen LogP contribution is -2.49. The molecule has 1 heterocycles. The van der Waals surface area contributed by atoms with Gasteiger partial charge in [-0.1, -0.05) is 6.92 Å². The maximum Gasteiger partial charge on any atom is 0.234 e. The lowest BCUT2D eigenvalue weighted by atomic mass is 10.0. The third-order valence-corrected chi connectivity index (χ3v) is 3.08. The SMILES string of the molecule is CCC(C(N)=O)N1CCC(OCCO)CC1. The van der Waals surface area contributed by atoms with Crippen molar-refractivity contribution in [3.05, 3.63) is 0 Å². The van der Waals surface area contributed by atoms with Crippen molar-refractivity contribution >= 4 is 5.91 Å². The zero-order valence-corrected chi connectivity index (χ0v) is 9.89. The lowest BCUT2D eigenvalue weighted by molar-refractivity contribution is -0.124. The van der Waals surface area contributed by atoms with Crippen LogP contribution in [-0.2, 0) is 9.53 Å². The summed E-state index contributed by atoms with van der Waals surface area (Å²) in [7, 11) is 0. The third kappa shape index (κ3) is 3.73. The van der Waals surface area contributed by atoms with Crippen LogP contribution in [0.2, 0.25) is 0 Å². The summed E-state index contributed by atoms with van der Waals surface area (Å²) in [5.41, 5.74) is 5.35. The normalized spacial score (nSPS) is 20.9. The molecule has 3 N–H and O–H groups in total. The number of ether oxygens (including phenoxy) is 1. The Bertz CT molecular complexity index is 215. The summed E-state index contributed by atoms with van der Waals surface area (Å²) in [4.78, 5) is 13.3. The van der Waals surface area contributed by atoms with Gasteiger partial charge in [-0.25, -0.2) is 0 Å². The van der Waals surface area contributed by atoms with E-state index in [1.807, 2.05) is 6.92 Å². The number of aliphatic hydroxyl groups excluding tert-OH is 1. The first-order valence-corrected chi connectivity index (χ1v) is 5.94. The van der Waals surface area contributed by atoms with Gasteiger partial charge in [-0.2, -0.15) is 0 Å². The van der Waals surface area contributed by atoms with Crippen LogP contribution in [0, 0.1) is 0 Å². The highest BCUT2D eigenvalue weighted by atomic mass is 16.5. The van der Waals surface area contributed by atoms with Crippen molar-refractivity contribution in [1.82, 2.24) is 4.90 Å². The molecular weight excluding hydrogens is 208 g/mol. The summed E-state index contributed by atoms with van der Waals surface area (Å²) >= 11 is 0. The summed E-state index contributed by atoms with van der Waals surface area (Å²) < 4.78 is 5.46. The maximum atomic E-state index is 11.2. The summed E-state index contributed by atoms with van der Waals surface area (Å²) in [6.45, 7) is 4.13. The van der Waals surface area contributed by atoms with Gasteiger partial charge in [0.1, 0.15) is 0 Å². The van der Waals surface area contributed by atoms with Crippen LogP contribution in [0.4, 0.5) is 0 Å². The monoisotopic (exact) mass is 230 g/mol. The zero-order valence-electron chi connectivity index (χ0n) is 9.89. The molecule has 0 saturated carbocycles. The second-order valence-electron chi connectivity index (χ2n) is 4.16. The van der Waals surface area contributed by atoms with Crippen molar-refractivity contribution in [3.8, 4) is 0 Å². The van der Waals surface area contributed by atoms with Crippen molar-refractivity contribution in [2.24, 2.45) is 5.73 Å². The Balaban J connectivity index is 2.33. The van der Waals surface area contributed by atoms with Crippen LogP contribution < -0.4 is 5.73 Å². The number of hydrogen-bond acceptors (Lipinski definition) is 4. The van der Waals surface area contributed by atoms with Crippen molar-refractivity contribution in [2.75, 3.05) is 26.3 Å². The highest BCUT2D eigenvalue weighted by Gasteiger charge is 2.27. The minimum atomic E-state index is -0.239. The van der Waals surface area contributed by atoms with E-state index in [1.165, 1.54) is 0 Å². The van der Waals surface area contributed by atoms with Gasteiger partial charge in [-0.05, 0) is 19.3 Å². The summed E-state index contributed by atoms with van der Waals surface area (Å²) in [6.07, 6.45) is 2.79. The van der Waals surface area contributed by atoms with Gasteiger partial charge in [0.2, 0.25) is 5.91 Å². The molecule has 5 nitrogen and oxygen atoms in total. The number of carbonyl (C=O) groups excluding carboxylic acids is 1. The average Bonchev–Trinajstić information content (AvgIpc) is 2.28. The van der Waals surface area contributed by atoms with Crippen LogP contribution in [0.25, 0.3) is 0 Å². The molecule has 5 heteroatoms. The third-order valence-electron chi connectivity index (χ3n) is 3.08. The van der Waals surface area contributed by atoms with Gasteiger partial charge in [0.15, 0.2) is 0 Å². The molecular formula is C11H22N2O3. The summed E-state index contributed by atoms with van der Waals surface area (Å²) in [5, 5.41) is 8.65. The van der Waals surface area contributed by atoms with Crippen LogP contribution in [0.1, 0.15) is 26.2 Å². The standard InChI is InChI=1S/C11H22N2O3/c1-2-10(11(12)15)13-5-3-9(4-6-13)16-8-7-14/h9-10,14H,2-8H2,1H3,(H2,12,15). The highest BCUT2D eigenvalue weighted by Crippen LogP contribution is 2.17. The number of rotatable bonds is 6. The molecule has 0 aromatic rings. The first-order valence-electron chi connectivity index (χ1n) is 5.94. The van der Waals surface area contributed by atoms with Gasteiger partial charge in [-0.15, -0.1) is 0 Å². The number of carbonyl (C=O) groups is 1. The molecule has 1 rings (SSSR count). The van der Waals surface area contributed by atoms with Gasteiger partial charge < -0.3 is 15.6 Å². The van der Waals surface area contributed by atoms with E-state index < -0.39 is 0 Å². The molecule has 0 aromatic heterocycles. The number of hydrogen-bond donors (Lipinski definition) is 2. The van der Waals surface area contributed by atoms with E-state index in [0.717, 1.165) is 32.4 Å². The molecule has 0 radical (unpaired) electrons. The number of nitrogens with zero attached hydrogens (tertiary/aromatic N) is 1. The van der Waals surface area contributed by atoms with E-state index in [0.29, 0.717) is 6.61 Å². The molecule has 1 atom stereocenters. The molecule has 0 aliphatic carbocycles. The van der Waals surface area contributed by atoms with E-state index in [2.05, 4.69) is 4.90 Å². The Labute approximate surface area is 96.6 Å². The van der Waals surface area contributed by atoms with Crippen LogP contribution in [-0.4, -0.2) is 54.4 Å². The van der Waals surface area contributed by atoms with Crippen LogP contribution >= 0.6 is 0 Å². The molecule has 0 bridgehead atoms. The lowest BCUT2D eigenvalue weighted by Gasteiger charge is -2.35.